The van der Waals surface area contributed by atoms with Crippen LogP contribution in [0.1, 0.15) is 155 Å². The summed E-state index contributed by atoms with van der Waals surface area (Å²) in [7, 11) is -1.85. The summed E-state index contributed by atoms with van der Waals surface area (Å²) in [6, 6.07) is 7.25. The Balaban J connectivity index is 0. The van der Waals surface area contributed by atoms with Gasteiger partial charge in [0.2, 0.25) is 0 Å². The van der Waals surface area contributed by atoms with Crippen molar-refractivity contribution in [2.45, 2.75) is 156 Å². The number of hydrogen-bond acceptors (Lipinski definition) is 2. The average Bonchev–Trinajstić information content (AvgIpc) is 2.93. The molecule has 0 atom stereocenters. The minimum absolute atomic E-state index is 0.353. The second-order valence-electron chi connectivity index (χ2n) is 10.5. The first-order valence-electron chi connectivity index (χ1n) is 16.1. The maximum atomic E-state index is 10.8. The molecule has 0 aliphatic carbocycles. The highest BCUT2D eigenvalue weighted by atomic mass is 16.4. The highest BCUT2D eigenvalue weighted by molar-refractivity contribution is 6.55. The van der Waals surface area contributed by atoms with E-state index in [1.807, 2.05) is 12.1 Å². The molecule has 5 heteroatoms. The molecule has 0 saturated heterocycles. The summed E-state index contributed by atoms with van der Waals surface area (Å²) < 4.78 is 0. The van der Waals surface area contributed by atoms with Crippen molar-refractivity contribution in [2.75, 3.05) is 13.1 Å². The summed E-state index contributed by atoms with van der Waals surface area (Å²) in [6.45, 7) is 8.66. The van der Waals surface area contributed by atoms with Crippen molar-refractivity contribution >= 4 is 12.6 Å². The second-order valence-corrected chi connectivity index (χ2v) is 10.5. The largest absolute Gasteiger partial charge is 0.889 e. The second kappa shape index (κ2) is 33.2. The summed E-state index contributed by atoms with van der Waals surface area (Å²) in [5.74, 6) is 0. The molecule has 0 fully saturated rings. The fraction of sp³-hybridized carbons (Fsp3) is 0.812. The Labute approximate surface area is 232 Å². The molecule has 6 N–H and O–H groups in total. The third-order valence-corrected chi connectivity index (χ3v) is 6.78. The normalized spacial score (nSPS) is 10.4. The molecule has 218 valence electrons. The molecule has 0 unspecified atom stereocenters. The van der Waals surface area contributed by atoms with Crippen molar-refractivity contribution in [1.82, 2.24) is 0 Å². The maximum Gasteiger partial charge on any atom is 0.0737 e. The Morgan fingerprint density at radius 3 is 1.05 bits per heavy atom. The Morgan fingerprint density at radius 1 is 0.486 bits per heavy atom. The number of unbranched alkanes of at least 4 members (excludes halogenated alkanes) is 17. The lowest BCUT2D eigenvalue weighted by Crippen LogP contribution is -2.55. The molecule has 0 amide bonds. The average molecular weight is 521 g/mol. The summed E-state index contributed by atoms with van der Waals surface area (Å²) >= 11 is 0. The molecule has 1 aromatic rings. The van der Waals surface area contributed by atoms with Crippen LogP contribution in [0, 0.1) is 0 Å². The molecule has 1 rings (SSSR count). The van der Waals surface area contributed by atoms with Gasteiger partial charge in [0.15, 0.2) is 0 Å². The van der Waals surface area contributed by atoms with E-state index < -0.39 is 7.12 Å². The number of aryl methyl sites for hydroxylation is 1. The van der Waals surface area contributed by atoms with E-state index in [1.54, 1.807) is 12.1 Å². The summed E-state index contributed by atoms with van der Waals surface area (Å²) in [4.78, 5) is 0. The lowest BCUT2D eigenvalue weighted by molar-refractivity contribution is -0.367. The van der Waals surface area contributed by atoms with Crippen molar-refractivity contribution in [3.63, 3.8) is 0 Å². The molecule has 4 nitrogen and oxygen atoms in total. The minimum atomic E-state index is -1.85. The highest BCUT2D eigenvalue weighted by Crippen LogP contribution is 2.14. The zero-order valence-corrected chi connectivity index (χ0v) is 25.4. The van der Waals surface area contributed by atoms with Gasteiger partial charge in [-0.2, -0.15) is 0 Å². The Bertz CT molecular complexity index is 518. The van der Waals surface area contributed by atoms with E-state index >= 15 is 0 Å². The van der Waals surface area contributed by atoms with Gasteiger partial charge in [0.25, 0.3) is 0 Å². The van der Waals surface area contributed by atoms with Crippen LogP contribution in [-0.4, -0.2) is 20.2 Å². The Kier molecular flexibility index (Phi) is 34.3. The summed E-state index contributed by atoms with van der Waals surface area (Å²) in [6.07, 6.45) is 28.7. The quantitative estimate of drug-likeness (QED) is 0.167. The molecule has 0 aliphatic heterocycles. The van der Waals surface area contributed by atoms with Gasteiger partial charge in [-0.05, 0) is 31.2 Å². The van der Waals surface area contributed by atoms with E-state index in [2.05, 4.69) is 32.2 Å². The van der Waals surface area contributed by atoms with E-state index in [0.717, 1.165) is 19.5 Å². The van der Waals surface area contributed by atoms with Gasteiger partial charge < -0.3 is 21.5 Å². The Morgan fingerprint density at radius 2 is 0.784 bits per heavy atom. The van der Waals surface area contributed by atoms with Crippen LogP contribution in [0.25, 0.3) is 0 Å². The van der Waals surface area contributed by atoms with Gasteiger partial charge in [0.1, 0.15) is 0 Å². The van der Waals surface area contributed by atoms with Gasteiger partial charge in [-0.1, -0.05) is 161 Å². The molecule has 0 saturated carbocycles. The molecule has 0 spiro atoms. The number of quaternary nitrogens is 2. The number of rotatable bonds is 22. The van der Waals surface area contributed by atoms with Gasteiger partial charge in [-0.25, -0.2) is 0 Å². The number of hydrogen-bond donors (Lipinski definition) is 2. The van der Waals surface area contributed by atoms with E-state index in [4.69, 9.17) is 0 Å². The van der Waals surface area contributed by atoms with E-state index in [9.17, 15) is 10.0 Å². The van der Waals surface area contributed by atoms with Crippen molar-refractivity contribution in [1.29, 1.82) is 0 Å². The molecule has 1 aromatic carbocycles. The third kappa shape index (κ3) is 31.2. The van der Waals surface area contributed by atoms with Crippen LogP contribution in [0.5, 0.6) is 0 Å². The fourth-order valence-electron chi connectivity index (χ4n) is 4.07. The molecule has 0 radical (unpaired) electrons. The van der Waals surface area contributed by atoms with Crippen LogP contribution < -0.4 is 27.0 Å². The van der Waals surface area contributed by atoms with Gasteiger partial charge in [-0.15, -0.1) is 5.46 Å². The van der Waals surface area contributed by atoms with Crippen molar-refractivity contribution in [3.8, 4) is 0 Å². The van der Waals surface area contributed by atoms with E-state index in [-0.39, 0.29) is 0 Å². The summed E-state index contributed by atoms with van der Waals surface area (Å²) in [5, 5.41) is 21.6. The summed E-state index contributed by atoms with van der Waals surface area (Å²) in [5.41, 5.74) is 8.80. The third-order valence-electron chi connectivity index (χ3n) is 6.78. The fourth-order valence-corrected chi connectivity index (χ4v) is 4.07. The molecule has 37 heavy (non-hydrogen) atoms. The minimum Gasteiger partial charge on any atom is -0.889 e. The SMILES string of the molecule is CCCCCCCCCCCCCCCCCCCCc1ccc(B([O-])[O-])cc1.CCC[NH3+].CCC[NH3+]. The lowest BCUT2D eigenvalue weighted by Gasteiger charge is -2.26. The van der Waals surface area contributed by atoms with Crippen LogP contribution in [0.15, 0.2) is 24.3 Å². The van der Waals surface area contributed by atoms with E-state index in [1.165, 1.54) is 134 Å². The zero-order valence-electron chi connectivity index (χ0n) is 25.4. The molecular weight excluding hydrogens is 455 g/mol. The smallest absolute Gasteiger partial charge is 0.0737 e. The predicted octanol–water partition coefficient (Wildman–Crippen LogP) is 4.96. The molecule has 0 heterocycles. The van der Waals surface area contributed by atoms with Crippen LogP contribution in [0.3, 0.4) is 0 Å². The van der Waals surface area contributed by atoms with Crippen molar-refractivity contribution in [2.24, 2.45) is 0 Å². The molecule has 0 aromatic heterocycles. The molecular formula is C32H65BN2O2. The first kappa shape index (κ1) is 38.3. The first-order valence-corrected chi connectivity index (χ1v) is 16.1. The van der Waals surface area contributed by atoms with Crippen molar-refractivity contribution in [3.05, 3.63) is 29.8 Å². The molecule has 0 aliphatic rings. The van der Waals surface area contributed by atoms with Crippen LogP contribution in [0.2, 0.25) is 0 Å². The predicted molar refractivity (Wildman–Crippen MR) is 160 cm³/mol. The first-order chi connectivity index (χ1) is 18.1. The van der Waals surface area contributed by atoms with E-state index in [0.29, 0.717) is 5.46 Å². The maximum absolute atomic E-state index is 10.8. The standard InChI is InChI=1S/C26H45BO2.2C3H9N/c1-2-3-4-5-6-7-8-9-10-11-12-13-14-15-16-17-18-19-20-25-21-23-26(24-22-25)27(28)29;2*1-2-3-4/h21-24H,2-20H2,1H3;2*2-4H2,1H3/q-2;;/p+2. The van der Waals surface area contributed by atoms with Crippen LogP contribution in [0.4, 0.5) is 0 Å². The van der Waals surface area contributed by atoms with Gasteiger partial charge in [0.05, 0.1) is 13.1 Å². The van der Waals surface area contributed by atoms with Crippen molar-refractivity contribution < 1.29 is 21.5 Å². The van der Waals surface area contributed by atoms with Gasteiger partial charge >= 0.3 is 0 Å². The van der Waals surface area contributed by atoms with Crippen LogP contribution >= 0.6 is 0 Å². The van der Waals surface area contributed by atoms with Crippen LogP contribution in [-0.2, 0) is 6.42 Å². The Hall–Kier alpha value is -0.875. The number of benzene rings is 1. The van der Waals surface area contributed by atoms with Gasteiger partial charge in [0, 0.05) is 0 Å². The zero-order chi connectivity index (χ0) is 27.8. The lowest BCUT2D eigenvalue weighted by atomic mass is 9.80. The molecule has 0 bridgehead atoms. The highest BCUT2D eigenvalue weighted by Gasteiger charge is 1.97. The topological polar surface area (TPSA) is 101 Å². The monoisotopic (exact) mass is 521 g/mol. The van der Waals surface area contributed by atoms with Gasteiger partial charge in [-0.3, -0.25) is 0 Å².